The highest BCUT2D eigenvalue weighted by molar-refractivity contribution is 7.89. The number of methoxy groups -OCH3 is 1. The summed E-state index contributed by atoms with van der Waals surface area (Å²) in [6.07, 6.45) is 0.913. The molecule has 21 heavy (non-hydrogen) atoms. The third-order valence-corrected chi connectivity index (χ3v) is 4.79. The smallest absolute Gasteiger partial charge is 0.240 e. The van der Waals surface area contributed by atoms with Gasteiger partial charge in [-0.2, -0.15) is 0 Å². The van der Waals surface area contributed by atoms with Gasteiger partial charge < -0.3 is 10.1 Å². The van der Waals surface area contributed by atoms with Gasteiger partial charge in [-0.15, -0.1) is 0 Å². The van der Waals surface area contributed by atoms with Crippen molar-refractivity contribution in [3.8, 4) is 0 Å². The Balaban J connectivity index is 2.72. The van der Waals surface area contributed by atoms with Gasteiger partial charge >= 0.3 is 0 Å². The summed E-state index contributed by atoms with van der Waals surface area (Å²) in [5.74, 6) is 0. The van der Waals surface area contributed by atoms with Crippen molar-refractivity contribution < 1.29 is 13.2 Å². The van der Waals surface area contributed by atoms with Crippen LogP contribution < -0.4 is 10.0 Å². The maximum Gasteiger partial charge on any atom is 0.240 e. The van der Waals surface area contributed by atoms with E-state index in [9.17, 15) is 8.42 Å². The number of nitrogens with one attached hydrogen (secondary N) is 2. The number of sulfonamides is 1. The van der Waals surface area contributed by atoms with Crippen LogP contribution in [0.5, 0.6) is 0 Å². The molecule has 120 valence electrons. The summed E-state index contributed by atoms with van der Waals surface area (Å²) in [4.78, 5) is 0.275. The van der Waals surface area contributed by atoms with Gasteiger partial charge in [0.1, 0.15) is 0 Å². The van der Waals surface area contributed by atoms with Gasteiger partial charge in [-0.3, -0.25) is 0 Å². The minimum Gasteiger partial charge on any atom is -0.380 e. The molecular weight excluding hydrogens is 288 g/mol. The number of hydrogen-bond acceptors (Lipinski definition) is 4. The Morgan fingerprint density at radius 3 is 2.33 bits per heavy atom. The summed E-state index contributed by atoms with van der Waals surface area (Å²) < 4.78 is 31.8. The fraction of sp³-hybridized carbons (Fsp3) is 0.600. The van der Waals surface area contributed by atoms with Gasteiger partial charge in [0.15, 0.2) is 0 Å². The summed E-state index contributed by atoms with van der Waals surface area (Å²) in [5, 5.41) is 3.37. The normalized spacial score (nSPS) is 14.9. The zero-order chi connectivity index (χ0) is 15.9. The van der Waals surface area contributed by atoms with Gasteiger partial charge in [0.2, 0.25) is 10.0 Å². The molecule has 0 saturated heterocycles. The molecule has 1 aromatic rings. The molecule has 0 aliphatic rings. The van der Waals surface area contributed by atoms with Crippen molar-refractivity contribution in [2.75, 3.05) is 20.2 Å². The fourth-order valence-corrected chi connectivity index (χ4v) is 2.92. The molecule has 0 radical (unpaired) electrons. The molecule has 0 amide bonds. The molecule has 0 aliphatic heterocycles. The van der Waals surface area contributed by atoms with Gasteiger partial charge in [-0.05, 0) is 44.5 Å². The monoisotopic (exact) mass is 314 g/mol. The summed E-state index contributed by atoms with van der Waals surface area (Å²) in [6, 6.07) is 7.19. The summed E-state index contributed by atoms with van der Waals surface area (Å²) in [7, 11) is -1.92. The van der Waals surface area contributed by atoms with Crippen molar-refractivity contribution in [2.24, 2.45) is 0 Å². The molecule has 2 unspecified atom stereocenters. The second-order valence-electron chi connectivity index (χ2n) is 5.14. The molecule has 0 aliphatic carbocycles. The first-order chi connectivity index (χ1) is 9.90. The van der Waals surface area contributed by atoms with Crippen molar-refractivity contribution >= 4 is 10.0 Å². The van der Waals surface area contributed by atoms with Gasteiger partial charge in [0.25, 0.3) is 0 Å². The second kappa shape index (κ2) is 8.48. The maximum atomic E-state index is 12.1. The Hall–Kier alpha value is -0.950. The van der Waals surface area contributed by atoms with Crippen molar-refractivity contribution in [3.63, 3.8) is 0 Å². The highest BCUT2D eigenvalue weighted by Gasteiger charge is 2.15. The van der Waals surface area contributed by atoms with E-state index in [1.54, 1.807) is 19.2 Å². The van der Waals surface area contributed by atoms with Crippen LogP contribution in [-0.2, 0) is 14.8 Å². The molecule has 5 nitrogen and oxygen atoms in total. The lowest BCUT2D eigenvalue weighted by atomic mass is 10.1. The first-order valence-corrected chi connectivity index (χ1v) is 8.74. The summed E-state index contributed by atoms with van der Waals surface area (Å²) in [6.45, 7) is 7.19. The fourth-order valence-electron chi connectivity index (χ4n) is 1.81. The van der Waals surface area contributed by atoms with Crippen LogP contribution in [0, 0.1) is 0 Å². The van der Waals surface area contributed by atoms with Crippen LogP contribution in [-0.4, -0.2) is 34.7 Å². The highest BCUT2D eigenvalue weighted by atomic mass is 32.2. The van der Waals surface area contributed by atoms with E-state index >= 15 is 0 Å². The van der Waals surface area contributed by atoms with Gasteiger partial charge in [-0.25, -0.2) is 13.1 Å². The summed E-state index contributed by atoms with van der Waals surface area (Å²) >= 11 is 0. The van der Waals surface area contributed by atoms with Crippen molar-refractivity contribution in [2.45, 2.75) is 44.2 Å². The van der Waals surface area contributed by atoms with E-state index in [-0.39, 0.29) is 23.6 Å². The number of ether oxygens (including phenoxy) is 1. The molecule has 2 N–H and O–H groups in total. The van der Waals surface area contributed by atoms with Crippen LogP contribution in [0.3, 0.4) is 0 Å². The molecule has 0 heterocycles. The molecule has 0 spiro atoms. The van der Waals surface area contributed by atoms with E-state index in [2.05, 4.69) is 23.9 Å². The predicted octanol–water partition coefficient (Wildman–Crippen LogP) is 2.06. The van der Waals surface area contributed by atoms with Crippen molar-refractivity contribution in [1.82, 2.24) is 10.0 Å². The van der Waals surface area contributed by atoms with Gasteiger partial charge in [0.05, 0.1) is 11.0 Å². The molecule has 1 aromatic carbocycles. The lowest BCUT2D eigenvalue weighted by Gasteiger charge is -2.15. The van der Waals surface area contributed by atoms with E-state index in [0.717, 1.165) is 18.5 Å². The second-order valence-corrected chi connectivity index (χ2v) is 6.91. The predicted molar refractivity (Wildman–Crippen MR) is 84.8 cm³/mol. The molecule has 1 rings (SSSR count). The van der Waals surface area contributed by atoms with Crippen molar-refractivity contribution in [3.05, 3.63) is 29.8 Å². The highest BCUT2D eigenvalue weighted by Crippen LogP contribution is 2.16. The van der Waals surface area contributed by atoms with E-state index in [1.807, 2.05) is 19.1 Å². The average molecular weight is 314 g/mol. The quantitative estimate of drug-likeness (QED) is 0.732. The lowest BCUT2D eigenvalue weighted by Crippen LogP contribution is -2.31. The van der Waals surface area contributed by atoms with Crippen LogP contribution in [0.4, 0.5) is 0 Å². The number of hydrogen-bond donors (Lipinski definition) is 2. The molecule has 0 aromatic heterocycles. The first kappa shape index (κ1) is 18.1. The zero-order valence-electron chi connectivity index (χ0n) is 13.2. The van der Waals surface area contributed by atoms with E-state index < -0.39 is 10.0 Å². The number of benzene rings is 1. The van der Waals surface area contributed by atoms with Crippen LogP contribution in [0.25, 0.3) is 0 Å². The SMILES string of the molecule is CCCNC(C)c1ccc(S(=O)(=O)NCC(C)OC)cc1. The van der Waals surface area contributed by atoms with Crippen molar-refractivity contribution in [1.29, 1.82) is 0 Å². The van der Waals surface area contributed by atoms with E-state index in [0.29, 0.717) is 0 Å². The standard InChI is InChI=1S/C15H26N2O3S/c1-5-10-16-13(3)14-6-8-15(9-7-14)21(18,19)17-11-12(2)20-4/h6-9,12-13,16-17H,5,10-11H2,1-4H3. The molecule has 0 saturated carbocycles. The minimum atomic E-state index is -3.48. The minimum absolute atomic E-state index is 0.155. The molecule has 0 fully saturated rings. The molecular formula is C15H26N2O3S. The Kier molecular flexibility index (Phi) is 7.31. The van der Waals surface area contributed by atoms with Gasteiger partial charge in [-0.1, -0.05) is 19.1 Å². The summed E-state index contributed by atoms with van der Waals surface area (Å²) in [5.41, 5.74) is 1.08. The maximum absolute atomic E-state index is 12.1. The molecule has 6 heteroatoms. The Bertz CT molecular complexity index is 514. The zero-order valence-corrected chi connectivity index (χ0v) is 14.0. The average Bonchev–Trinajstić information content (AvgIpc) is 2.50. The Labute approximate surface area is 128 Å². The van der Waals surface area contributed by atoms with E-state index in [1.165, 1.54) is 0 Å². The van der Waals surface area contributed by atoms with Crippen LogP contribution >= 0.6 is 0 Å². The van der Waals surface area contributed by atoms with Gasteiger partial charge in [0, 0.05) is 19.7 Å². The molecule has 2 atom stereocenters. The van der Waals surface area contributed by atoms with E-state index in [4.69, 9.17) is 4.74 Å². The number of rotatable bonds is 9. The molecule has 0 bridgehead atoms. The lowest BCUT2D eigenvalue weighted by molar-refractivity contribution is 0.122. The van der Waals surface area contributed by atoms with Crippen LogP contribution in [0.15, 0.2) is 29.2 Å². The first-order valence-electron chi connectivity index (χ1n) is 7.26. The Morgan fingerprint density at radius 2 is 1.81 bits per heavy atom. The third kappa shape index (κ3) is 5.74. The topological polar surface area (TPSA) is 67.4 Å². The Morgan fingerprint density at radius 1 is 1.19 bits per heavy atom. The largest absolute Gasteiger partial charge is 0.380 e. The third-order valence-electron chi connectivity index (χ3n) is 3.35. The van der Waals surface area contributed by atoms with Crippen LogP contribution in [0.2, 0.25) is 0 Å². The van der Waals surface area contributed by atoms with Crippen LogP contribution in [0.1, 0.15) is 38.8 Å².